The number of hydrogen-bond acceptors (Lipinski definition) is 2. The molecular formula is C27H23ClN2O2. The largest absolute Gasteiger partial charge is 0.478 e. The molecule has 0 atom stereocenters. The van der Waals surface area contributed by atoms with Crippen LogP contribution < -0.4 is 0 Å². The summed E-state index contributed by atoms with van der Waals surface area (Å²) in [4.78, 5) is 10.9. The number of benzene rings is 3. The quantitative estimate of drug-likeness (QED) is 0.251. The Labute approximate surface area is 191 Å². The van der Waals surface area contributed by atoms with Crippen molar-refractivity contribution >= 4 is 45.7 Å². The fourth-order valence-electron chi connectivity index (χ4n) is 3.92. The van der Waals surface area contributed by atoms with E-state index < -0.39 is 5.97 Å². The van der Waals surface area contributed by atoms with Crippen LogP contribution in [-0.4, -0.2) is 21.3 Å². The van der Waals surface area contributed by atoms with Crippen LogP contribution in [0.25, 0.3) is 28.1 Å². The summed E-state index contributed by atoms with van der Waals surface area (Å²) < 4.78 is 0. The molecule has 0 spiro atoms. The molecule has 1 heterocycles. The van der Waals surface area contributed by atoms with Crippen molar-refractivity contribution in [3.63, 3.8) is 0 Å². The Hall–Kier alpha value is -3.63. The van der Waals surface area contributed by atoms with E-state index in [1.165, 1.54) is 0 Å². The monoisotopic (exact) mass is 442 g/mol. The average molecular weight is 443 g/mol. The second kappa shape index (κ2) is 9.25. The lowest BCUT2D eigenvalue weighted by atomic mass is 9.83. The number of fused-ring (bicyclic) bond motifs is 1. The van der Waals surface area contributed by atoms with Crippen LogP contribution in [0, 0.1) is 5.92 Å². The Bertz CT molecular complexity index is 1330. The molecule has 0 bridgehead atoms. The number of hydrogen-bond donors (Lipinski definition) is 2. The number of carboxylic acid groups (broad SMARTS) is 1. The molecule has 4 aromatic rings. The van der Waals surface area contributed by atoms with E-state index in [2.05, 4.69) is 42.2 Å². The van der Waals surface area contributed by atoms with Crippen LogP contribution in [-0.2, 0) is 4.79 Å². The van der Waals surface area contributed by atoms with Crippen LogP contribution in [0.5, 0.6) is 0 Å². The highest BCUT2D eigenvalue weighted by Crippen LogP contribution is 2.40. The van der Waals surface area contributed by atoms with E-state index in [1.54, 1.807) is 6.08 Å². The van der Waals surface area contributed by atoms with Crippen molar-refractivity contribution in [2.45, 2.75) is 13.8 Å². The zero-order chi connectivity index (χ0) is 22.7. The normalized spacial score (nSPS) is 12.5. The van der Waals surface area contributed by atoms with E-state index in [0.29, 0.717) is 5.02 Å². The number of nitrogens with one attached hydrogen (secondary N) is 1. The Kier molecular flexibility index (Phi) is 6.24. The predicted molar refractivity (Wildman–Crippen MR) is 131 cm³/mol. The van der Waals surface area contributed by atoms with Crippen LogP contribution in [0.3, 0.4) is 0 Å². The van der Waals surface area contributed by atoms with Gasteiger partial charge in [0, 0.05) is 16.5 Å². The number of nitrogens with zero attached hydrogens (tertiary/aromatic N) is 1. The Morgan fingerprint density at radius 2 is 1.75 bits per heavy atom. The minimum absolute atomic E-state index is 0.205. The fourth-order valence-corrected chi connectivity index (χ4v) is 4.16. The van der Waals surface area contributed by atoms with Gasteiger partial charge in [-0.15, -0.1) is 0 Å². The maximum Gasteiger partial charge on any atom is 0.328 e. The first kappa shape index (κ1) is 21.6. The molecule has 4 rings (SSSR count). The highest BCUT2D eigenvalue weighted by atomic mass is 35.5. The molecule has 0 saturated heterocycles. The lowest BCUT2D eigenvalue weighted by Crippen LogP contribution is -2.02. The van der Waals surface area contributed by atoms with Gasteiger partial charge in [-0.1, -0.05) is 74.0 Å². The first-order valence-corrected chi connectivity index (χ1v) is 10.8. The average Bonchev–Trinajstić information content (AvgIpc) is 3.25. The molecule has 1 aromatic heterocycles. The summed E-state index contributed by atoms with van der Waals surface area (Å²) in [6.45, 7) is 4.33. The summed E-state index contributed by atoms with van der Waals surface area (Å²) in [5.74, 6) is -0.764. The first-order valence-electron chi connectivity index (χ1n) is 10.4. The van der Waals surface area contributed by atoms with Gasteiger partial charge < -0.3 is 5.11 Å². The fraction of sp³-hybridized carbons (Fsp3) is 0.111. The molecule has 0 aliphatic carbocycles. The second-order valence-electron chi connectivity index (χ2n) is 7.89. The maximum absolute atomic E-state index is 10.9. The number of allylic oxidation sites excluding steroid dienone is 1. The Morgan fingerprint density at radius 3 is 2.44 bits per heavy atom. The molecule has 0 amide bonds. The van der Waals surface area contributed by atoms with Crippen molar-refractivity contribution in [3.8, 4) is 0 Å². The van der Waals surface area contributed by atoms with Gasteiger partial charge in [0.2, 0.25) is 0 Å². The molecule has 5 heteroatoms. The maximum atomic E-state index is 10.9. The molecule has 32 heavy (non-hydrogen) atoms. The third-order valence-corrected chi connectivity index (χ3v) is 5.69. The van der Waals surface area contributed by atoms with Crippen LogP contribution >= 0.6 is 11.6 Å². The number of aromatic amines is 1. The molecule has 0 fully saturated rings. The molecule has 0 aliphatic heterocycles. The first-order chi connectivity index (χ1) is 15.4. The summed E-state index contributed by atoms with van der Waals surface area (Å²) in [7, 11) is 0. The number of rotatable bonds is 6. The lowest BCUT2D eigenvalue weighted by Gasteiger charge is -2.21. The highest BCUT2D eigenvalue weighted by molar-refractivity contribution is 6.32. The molecule has 0 unspecified atom stereocenters. The molecule has 4 nitrogen and oxygen atoms in total. The van der Waals surface area contributed by atoms with Crippen LogP contribution in [0.15, 0.2) is 79.0 Å². The molecule has 0 saturated carbocycles. The predicted octanol–water partition coefficient (Wildman–Crippen LogP) is 6.93. The number of halogens is 1. The zero-order valence-corrected chi connectivity index (χ0v) is 18.6. The van der Waals surface area contributed by atoms with Gasteiger partial charge in [-0.05, 0) is 63.6 Å². The number of H-pyrrole nitrogens is 1. The molecule has 3 aromatic carbocycles. The third-order valence-electron chi connectivity index (χ3n) is 5.36. The lowest BCUT2D eigenvalue weighted by molar-refractivity contribution is -0.131. The summed E-state index contributed by atoms with van der Waals surface area (Å²) in [6.07, 6.45) is 4.55. The molecule has 160 valence electrons. The summed E-state index contributed by atoms with van der Waals surface area (Å²) in [5.41, 5.74) is 7.13. The van der Waals surface area contributed by atoms with Crippen molar-refractivity contribution in [2.75, 3.05) is 0 Å². The smallest absolute Gasteiger partial charge is 0.328 e. The second-order valence-corrected chi connectivity index (χ2v) is 8.30. The van der Waals surface area contributed by atoms with Gasteiger partial charge in [0.1, 0.15) is 0 Å². The summed E-state index contributed by atoms with van der Waals surface area (Å²) in [6, 6.07) is 22.1. The van der Waals surface area contributed by atoms with E-state index in [0.717, 1.165) is 50.4 Å². The Balaban J connectivity index is 1.97. The van der Waals surface area contributed by atoms with Crippen molar-refractivity contribution in [3.05, 3.63) is 106 Å². The summed E-state index contributed by atoms with van der Waals surface area (Å²) >= 11 is 6.64. The van der Waals surface area contributed by atoms with Gasteiger partial charge in [0.25, 0.3) is 0 Å². The number of carbonyl (C=O) groups is 1. The highest BCUT2D eigenvalue weighted by Gasteiger charge is 2.19. The number of aliphatic carboxylic acids is 1. The van der Waals surface area contributed by atoms with Crippen LogP contribution in [0.4, 0.5) is 0 Å². The van der Waals surface area contributed by atoms with Crippen LogP contribution in [0.1, 0.15) is 36.1 Å². The van der Waals surface area contributed by atoms with Gasteiger partial charge in [-0.25, -0.2) is 4.79 Å². The van der Waals surface area contributed by atoms with E-state index in [4.69, 9.17) is 16.7 Å². The molecular weight excluding hydrogens is 420 g/mol. The standard InChI is InChI=1S/C27H23ClN2O2/c1-17(2)26(22-5-3-4-6-23(22)28)27(20-12-13-24-21(15-20)16-29-30-24)19-10-7-18(8-11-19)9-14-25(31)32/h3-17H,1-2H3,(H,29,30)(H,31,32). The van der Waals surface area contributed by atoms with Crippen molar-refractivity contribution in [1.29, 1.82) is 0 Å². The van der Waals surface area contributed by atoms with Crippen molar-refractivity contribution < 1.29 is 9.90 Å². The molecule has 0 aliphatic rings. The number of carboxylic acids is 1. The molecule has 2 N–H and O–H groups in total. The van der Waals surface area contributed by atoms with Gasteiger partial charge in [0.05, 0.1) is 11.7 Å². The SMILES string of the molecule is CC(C)C(=C(c1ccc(C=CC(=O)O)cc1)c1ccc2[nH]ncc2c1)c1ccccc1Cl. The number of aromatic nitrogens is 2. The van der Waals surface area contributed by atoms with Crippen LogP contribution in [0.2, 0.25) is 5.02 Å². The topological polar surface area (TPSA) is 66.0 Å². The van der Waals surface area contributed by atoms with Crippen molar-refractivity contribution in [1.82, 2.24) is 10.2 Å². The van der Waals surface area contributed by atoms with E-state index in [-0.39, 0.29) is 5.92 Å². The van der Waals surface area contributed by atoms with E-state index >= 15 is 0 Å². The minimum Gasteiger partial charge on any atom is -0.478 e. The van der Waals surface area contributed by atoms with Gasteiger partial charge >= 0.3 is 5.97 Å². The summed E-state index contributed by atoms with van der Waals surface area (Å²) in [5, 5.41) is 17.8. The zero-order valence-electron chi connectivity index (χ0n) is 17.8. The third kappa shape index (κ3) is 4.51. The minimum atomic E-state index is -0.969. The van der Waals surface area contributed by atoms with Gasteiger partial charge in [-0.3, -0.25) is 5.10 Å². The molecule has 0 radical (unpaired) electrons. The van der Waals surface area contributed by atoms with Crippen molar-refractivity contribution in [2.24, 2.45) is 5.92 Å². The van der Waals surface area contributed by atoms with E-state index in [1.807, 2.05) is 54.7 Å². The van der Waals surface area contributed by atoms with Gasteiger partial charge in [0.15, 0.2) is 0 Å². The Morgan fingerprint density at radius 1 is 1.03 bits per heavy atom. The van der Waals surface area contributed by atoms with Gasteiger partial charge in [-0.2, -0.15) is 5.10 Å². The van der Waals surface area contributed by atoms with E-state index in [9.17, 15) is 4.79 Å².